The van der Waals surface area contributed by atoms with Crippen molar-refractivity contribution in [2.75, 3.05) is 26.0 Å². The van der Waals surface area contributed by atoms with Crippen molar-refractivity contribution in [2.24, 2.45) is 9.98 Å². The third-order valence-electron chi connectivity index (χ3n) is 5.70. The van der Waals surface area contributed by atoms with Crippen LogP contribution in [-0.4, -0.2) is 65.7 Å². The summed E-state index contributed by atoms with van der Waals surface area (Å²) in [4.78, 5) is 48.8. The van der Waals surface area contributed by atoms with Crippen LogP contribution in [0.25, 0.3) is 0 Å². The van der Waals surface area contributed by atoms with Gasteiger partial charge >= 0.3 is 0 Å². The number of amidine groups is 2. The van der Waals surface area contributed by atoms with E-state index in [9.17, 15) is 14.4 Å². The molecule has 0 spiro atoms. The molecule has 0 bridgehead atoms. The van der Waals surface area contributed by atoms with Crippen LogP contribution in [0.15, 0.2) is 64.6 Å². The van der Waals surface area contributed by atoms with E-state index in [0.29, 0.717) is 42.8 Å². The molecule has 2 aliphatic rings. The maximum absolute atomic E-state index is 13.3. The fourth-order valence-electron chi connectivity index (χ4n) is 3.87. The van der Waals surface area contributed by atoms with E-state index in [1.807, 2.05) is 54.6 Å². The molecule has 2 aromatic carbocycles. The Labute approximate surface area is 214 Å². The zero-order chi connectivity index (χ0) is 25.3. The predicted molar refractivity (Wildman–Crippen MR) is 140 cm³/mol. The third-order valence-corrected chi connectivity index (χ3v) is 6.64. The first-order valence-corrected chi connectivity index (χ1v) is 12.8. The number of carbonyl (C=O) groups excluding carboxylic acids is 3. The molecular formula is C26H29N5O4S. The number of nitrogens with one attached hydrogen (secondary N) is 2. The van der Waals surface area contributed by atoms with E-state index in [-0.39, 0.29) is 29.9 Å². The Kier molecular flexibility index (Phi) is 8.85. The second kappa shape index (κ2) is 12.5. The Morgan fingerprint density at radius 1 is 1.06 bits per heavy atom. The monoisotopic (exact) mass is 507 g/mol. The topological polar surface area (TPSA) is 112 Å². The lowest BCUT2D eigenvalue weighted by molar-refractivity contribution is -0.125. The van der Waals surface area contributed by atoms with E-state index in [0.717, 1.165) is 17.5 Å². The van der Waals surface area contributed by atoms with Crippen LogP contribution < -0.4 is 10.6 Å². The number of para-hydroxylation sites is 1. The van der Waals surface area contributed by atoms with E-state index < -0.39 is 6.04 Å². The first-order chi connectivity index (χ1) is 17.6. The molecule has 2 N–H and O–H groups in total. The zero-order valence-electron chi connectivity index (χ0n) is 20.1. The number of benzene rings is 2. The zero-order valence-corrected chi connectivity index (χ0v) is 20.9. The average molecular weight is 508 g/mol. The summed E-state index contributed by atoms with van der Waals surface area (Å²) in [6.07, 6.45) is 1.20. The van der Waals surface area contributed by atoms with Crippen molar-refractivity contribution in [1.29, 1.82) is 0 Å². The van der Waals surface area contributed by atoms with Crippen molar-refractivity contribution >= 4 is 46.2 Å². The van der Waals surface area contributed by atoms with Gasteiger partial charge in [0.1, 0.15) is 11.9 Å². The molecule has 9 nitrogen and oxygen atoms in total. The van der Waals surface area contributed by atoms with Crippen LogP contribution in [0.5, 0.6) is 0 Å². The minimum atomic E-state index is -0.678. The van der Waals surface area contributed by atoms with Crippen LogP contribution in [0.3, 0.4) is 0 Å². The molecule has 2 aromatic rings. The van der Waals surface area contributed by atoms with Crippen molar-refractivity contribution in [3.05, 3.63) is 65.7 Å². The molecule has 3 amide bonds. The molecule has 0 fully saturated rings. The van der Waals surface area contributed by atoms with E-state index >= 15 is 0 Å². The molecule has 2 heterocycles. The van der Waals surface area contributed by atoms with Crippen molar-refractivity contribution in [2.45, 2.75) is 31.8 Å². The number of methoxy groups -OCH3 is 1. The number of ether oxygens (including phenoxy) is 1. The van der Waals surface area contributed by atoms with Gasteiger partial charge in [-0.15, -0.1) is 0 Å². The maximum Gasteiger partial charge on any atom is 0.259 e. The summed E-state index contributed by atoms with van der Waals surface area (Å²) in [5.74, 6) is 0.128. The van der Waals surface area contributed by atoms with Crippen LogP contribution in [0.1, 0.15) is 30.4 Å². The second-order valence-electron chi connectivity index (χ2n) is 8.34. The highest BCUT2D eigenvalue weighted by Gasteiger charge is 2.41. The number of carbonyl (C=O) groups is 3. The van der Waals surface area contributed by atoms with Gasteiger partial charge in [-0.25, -0.2) is 9.89 Å². The smallest absolute Gasteiger partial charge is 0.259 e. The maximum atomic E-state index is 13.3. The minimum Gasteiger partial charge on any atom is -0.385 e. The van der Waals surface area contributed by atoms with Crippen LogP contribution in [0, 0.1) is 0 Å². The summed E-state index contributed by atoms with van der Waals surface area (Å²) in [6.45, 7) is 1.53. The van der Waals surface area contributed by atoms with Crippen LogP contribution in [0.4, 0.5) is 5.69 Å². The molecule has 0 aliphatic carbocycles. The van der Waals surface area contributed by atoms with Gasteiger partial charge in [0.25, 0.3) is 5.91 Å². The van der Waals surface area contributed by atoms with Crippen molar-refractivity contribution in [3.8, 4) is 0 Å². The lowest BCUT2D eigenvalue weighted by Crippen LogP contribution is -2.42. The standard InChI is InChI=1S/C26H29N5O4S/c1-35-15-7-14-27-23(33)17-36-26-30-20-11-6-5-10-19(20)24-29-21(25(34)31(24)26)12-13-22(32)28-16-18-8-3-2-4-9-18/h2-6,8-11,21H,7,12-17H2,1H3,(H,27,33)(H,28,32). The molecule has 188 valence electrons. The number of nitrogens with zero attached hydrogens (tertiary/aromatic N) is 3. The molecule has 0 radical (unpaired) electrons. The summed E-state index contributed by atoms with van der Waals surface area (Å²) >= 11 is 1.20. The first kappa shape index (κ1) is 25.6. The van der Waals surface area contributed by atoms with E-state index in [1.54, 1.807) is 7.11 Å². The fourth-order valence-corrected chi connectivity index (χ4v) is 4.70. The third kappa shape index (κ3) is 6.38. The van der Waals surface area contributed by atoms with Crippen molar-refractivity contribution < 1.29 is 19.1 Å². The number of rotatable bonds is 11. The quantitative estimate of drug-likeness (QED) is 0.454. The van der Waals surface area contributed by atoms with Gasteiger partial charge in [0.2, 0.25) is 11.8 Å². The summed E-state index contributed by atoms with van der Waals surface area (Å²) in [7, 11) is 1.62. The number of aliphatic imine (C=N–C) groups is 2. The molecule has 36 heavy (non-hydrogen) atoms. The molecule has 2 aliphatic heterocycles. The fraction of sp³-hybridized carbons (Fsp3) is 0.346. The number of thioether (sulfide) groups is 1. The van der Waals surface area contributed by atoms with E-state index in [2.05, 4.69) is 20.6 Å². The Morgan fingerprint density at radius 2 is 1.83 bits per heavy atom. The largest absolute Gasteiger partial charge is 0.385 e. The molecule has 1 unspecified atom stereocenters. The highest BCUT2D eigenvalue weighted by atomic mass is 32.2. The highest BCUT2D eigenvalue weighted by Crippen LogP contribution is 2.34. The van der Waals surface area contributed by atoms with E-state index in [4.69, 9.17) is 4.74 Å². The Bertz CT molecular complexity index is 1170. The second-order valence-corrected chi connectivity index (χ2v) is 9.28. The number of fused-ring (bicyclic) bond motifs is 3. The van der Waals surface area contributed by atoms with Gasteiger partial charge in [-0.1, -0.05) is 54.2 Å². The van der Waals surface area contributed by atoms with Gasteiger partial charge in [0.05, 0.1) is 11.4 Å². The Balaban J connectivity index is 1.38. The summed E-state index contributed by atoms with van der Waals surface area (Å²) in [5.41, 5.74) is 2.47. The molecular weight excluding hydrogens is 478 g/mol. The molecule has 1 atom stereocenters. The van der Waals surface area contributed by atoms with Crippen LogP contribution in [-0.2, 0) is 25.7 Å². The summed E-state index contributed by atoms with van der Waals surface area (Å²) in [5, 5.41) is 6.15. The molecule has 4 rings (SSSR count). The van der Waals surface area contributed by atoms with Gasteiger partial charge in [-0.05, 0) is 30.5 Å². The van der Waals surface area contributed by atoms with Gasteiger partial charge in [-0.2, -0.15) is 0 Å². The summed E-state index contributed by atoms with van der Waals surface area (Å²) in [6, 6.07) is 16.4. The SMILES string of the molecule is COCCCNC(=O)CSC1=Nc2ccccc2C2=NC(CCC(=O)NCc3ccccc3)C(=O)N12. The van der Waals surface area contributed by atoms with Gasteiger partial charge in [0, 0.05) is 38.8 Å². The number of hydrogen-bond donors (Lipinski definition) is 2. The number of amides is 3. The predicted octanol–water partition coefficient (Wildman–Crippen LogP) is 2.63. The Morgan fingerprint density at radius 3 is 2.64 bits per heavy atom. The normalized spacial score (nSPS) is 16.1. The summed E-state index contributed by atoms with van der Waals surface area (Å²) < 4.78 is 4.99. The minimum absolute atomic E-state index is 0.123. The lowest BCUT2D eigenvalue weighted by atomic mass is 10.1. The molecule has 0 aromatic heterocycles. The molecule has 10 heteroatoms. The number of hydrogen-bond acceptors (Lipinski definition) is 7. The van der Waals surface area contributed by atoms with Gasteiger partial charge in [0.15, 0.2) is 5.17 Å². The van der Waals surface area contributed by atoms with E-state index in [1.165, 1.54) is 16.7 Å². The highest BCUT2D eigenvalue weighted by molar-refractivity contribution is 8.14. The average Bonchev–Trinajstić information content (AvgIpc) is 3.24. The molecule has 0 saturated heterocycles. The Hall–Kier alpha value is -3.50. The van der Waals surface area contributed by atoms with Crippen LogP contribution >= 0.6 is 11.8 Å². The van der Waals surface area contributed by atoms with Crippen molar-refractivity contribution in [3.63, 3.8) is 0 Å². The van der Waals surface area contributed by atoms with Crippen LogP contribution in [0.2, 0.25) is 0 Å². The first-order valence-electron chi connectivity index (χ1n) is 11.9. The van der Waals surface area contributed by atoms with Gasteiger partial charge < -0.3 is 15.4 Å². The lowest BCUT2D eigenvalue weighted by Gasteiger charge is -2.25. The van der Waals surface area contributed by atoms with Gasteiger partial charge in [-0.3, -0.25) is 19.4 Å². The van der Waals surface area contributed by atoms with Crippen molar-refractivity contribution in [1.82, 2.24) is 15.5 Å². The molecule has 0 saturated carbocycles.